The fourth-order valence-electron chi connectivity index (χ4n) is 2.71. The van der Waals surface area contributed by atoms with E-state index in [0.29, 0.717) is 5.69 Å². The molecular weight excluding hydrogens is 374 g/mol. The van der Waals surface area contributed by atoms with Crippen LogP contribution in [0.5, 0.6) is 5.75 Å². The molecule has 0 aliphatic carbocycles. The maximum Gasteiger partial charge on any atom is 0.295 e. The Morgan fingerprint density at radius 2 is 1.82 bits per heavy atom. The van der Waals surface area contributed by atoms with E-state index in [-0.39, 0.29) is 10.7 Å². The quantitative estimate of drug-likeness (QED) is 0.395. The third kappa shape index (κ3) is 4.12. The van der Waals surface area contributed by atoms with E-state index in [4.69, 9.17) is 17.0 Å². The molecule has 0 bridgehead atoms. The summed E-state index contributed by atoms with van der Waals surface area (Å²) in [6.07, 6.45) is 1.63. The summed E-state index contributed by atoms with van der Waals surface area (Å²) >= 11 is 5.27. The van der Waals surface area contributed by atoms with Gasteiger partial charge in [0.2, 0.25) is 0 Å². The summed E-state index contributed by atoms with van der Waals surface area (Å²) in [6, 6.07) is 16.9. The number of anilines is 1. The molecule has 0 unspecified atom stereocenters. The minimum Gasteiger partial charge on any atom is -0.497 e. The summed E-state index contributed by atoms with van der Waals surface area (Å²) in [6.45, 7) is 1.85. The molecule has 28 heavy (non-hydrogen) atoms. The molecule has 0 fully saturated rings. The van der Waals surface area contributed by atoms with Crippen LogP contribution in [0.25, 0.3) is 5.69 Å². The predicted molar refractivity (Wildman–Crippen MR) is 116 cm³/mol. The van der Waals surface area contributed by atoms with Crippen molar-refractivity contribution < 1.29 is 4.74 Å². The molecule has 0 aliphatic heterocycles. The van der Waals surface area contributed by atoms with Crippen molar-refractivity contribution >= 4 is 29.2 Å². The maximum absolute atomic E-state index is 12.8. The van der Waals surface area contributed by atoms with Gasteiger partial charge in [0.15, 0.2) is 5.11 Å². The molecule has 0 saturated heterocycles. The van der Waals surface area contributed by atoms with Gasteiger partial charge in [0.25, 0.3) is 5.56 Å². The highest BCUT2D eigenvalue weighted by molar-refractivity contribution is 7.80. The molecule has 0 amide bonds. The Morgan fingerprint density at radius 1 is 1.14 bits per heavy atom. The number of nitrogens with one attached hydrogen (secondary N) is 2. The number of ether oxygens (including phenoxy) is 1. The van der Waals surface area contributed by atoms with E-state index < -0.39 is 0 Å². The van der Waals surface area contributed by atoms with Crippen molar-refractivity contribution in [2.24, 2.45) is 12.1 Å². The highest BCUT2D eigenvalue weighted by atomic mass is 32.1. The number of thiocarbonyl (C=S) groups is 1. The lowest BCUT2D eigenvalue weighted by atomic mass is 10.2. The topological polar surface area (TPSA) is 72.6 Å². The standard InChI is InChI=1S/C20H21N5O2S/c1-14-18(19(26)25(24(14)2)16-7-5-4-6-8-16)22-20(28)23-21-13-15-9-11-17(27-3)12-10-15/h4-13H,1-3H3,(H2,22,23,28). The first-order chi connectivity index (χ1) is 13.5. The molecule has 2 aromatic carbocycles. The van der Waals surface area contributed by atoms with Crippen LogP contribution < -0.4 is 21.0 Å². The number of hydrogen-bond donors (Lipinski definition) is 2. The third-order valence-electron chi connectivity index (χ3n) is 4.29. The second-order valence-corrected chi connectivity index (χ2v) is 6.44. The minimum atomic E-state index is -0.186. The van der Waals surface area contributed by atoms with Crippen LogP contribution in [0.1, 0.15) is 11.3 Å². The van der Waals surface area contributed by atoms with Gasteiger partial charge < -0.3 is 10.1 Å². The van der Waals surface area contributed by atoms with Crippen molar-refractivity contribution in [2.75, 3.05) is 12.4 Å². The van der Waals surface area contributed by atoms with Gasteiger partial charge in [-0.05, 0) is 61.1 Å². The summed E-state index contributed by atoms with van der Waals surface area (Å²) in [5.74, 6) is 0.775. The second-order valence-electron chi connectivity index (χ2n) is 6.03. The van der Waals surface area contributed by atoms with Gasteiger partial charge in [-0.15, -0.1) is 0 Å². The largest absolute Gasteiger partial charge is 0.497 e. The van der Waals surface area contributed by atoms with Crippen LogP contribution in [0.2, 0.25) is 0 Å². The number of para-hydroxylation sites is 1. The lowest BCUT2D eigenvalue weighted by molar-refractivity contribution is 0.415. The fraction of sp³-hybridized carbons (Fsp3) is 0.150. The summed E-state index contributed by atoms with van der Waals surface area (Å²) in [7, 11) is 3.44. The lowest BCUT2D eigenvalue weighted by Crippen LogP contribution is -2.28. The van der Waals surface area contributed by atoms with Crippen LogP contribution in [0.3, 0.4) is 0 Å². The molecule has 0 atom stereocenters. The first-order valence-corrected chi connectivity index (χ1v) is 9.00. The van der Waals surface area contributed by atoms with Crippen LogP contribution in [-0.2, 0) is 7.05 Å². The van der Waals surface area contributed by atoms with E-state index >= 15 is 0 Å². The SMILES string of the molecule is COc1ccc(C=NNC(=S)Nc2c(C)n(C)n(-c3ccccc3)c2=O)cc1. The Balaban J connectivity index is 1.72. The Bertz CT molecular complexity index is 1050. The number of nitrogens with zero attached hydrogens (tertiary/aromatic N) is 3. The average Bonchev–Trinajstić information content (AvgIpc) is 2.92. The average molecular weight is 395 g/mol. The van der Waals surface area contributed by atoms with Gasteiger partial charge in [0.05, 0.1) is 24.7 Å². The normalized spacial score (nSPS) is 10.8. The molecule has 0 spiro atoms. The van der Waals surface area contributed by atoms with Crippen LogP contribution in [0.15, 0.2) is 64.5 Å². The van der Waals surface area contributed by atoms with E-state index in [9.17, 15) is 4.79 Å². The maximum atomic E-state index is 12.8. The molecular formula is C20H21N5O2S. The van der Waals surface area contributed by atoms with Crippen LogP contribution in [0, 0.1) is 6.92 Å². The predicted octanol–water partition coefficient (Wildman–Crippen LogP) is 2.81. The summed E-state index contributed by atoms with van der Waals surface area (Å²) < 4.78 is 8.48. The van der Waals surface area contributed by atoms with E-state index in [1.54, 1.807) is 22.7 Å². The van der Waals surface area contributed by atoms with Crippen molar-refractivity contribution in [2.45, 2.75) is 6.92 Å². The number of aromatic nitrogens is 2. The van der Waals surface area contributed by atoms with Crippen molar-refractivity contribution in [1.29, 1.82) is 0 Å². The Hall–Kier alpha value is -3.39. The molecule has 7 nitrogen and oxygen atoms in total. The third-order valence-corrected chi connectivity index (χ3v) is 4.48. The molecule has 1 aromatic heterocycles. The smallest absolute Gasteiger partial charge is 0.295 e. The van der Waals surface area contributed by atoms with Crippen LogP contribution in [-0.4, -0.2) is 27.8 Å². The summed E-state index contributed by atoms with van der Waals surface area (Å²) in [5, 5.41) is 7.28. The zero-order valence-electron chi connectivity index (χ0n) is 15.8. The molecule has 2 N–H and O–H groups in total. The molecule has 0 radical (unpaired) electrons. The Morgan fingerprint density at radius 3 is 2.46 bits per heavy atom. The Kier molecular flexibility index (Phi) is 5.90. The monoisotopic (exact) mass is 395 g/mol. The van der Waals surface area contributed by atoms with Gasteiger partial charge in [-0.3, -0.25) is 14.9 Å². The highest BCUT2D eigenvalue weighted by Gasteiger charge is 2.16. The molecule has 144 valence electrons. The first-order valence-electron chi connectivity index (χ1n) is 8.59. The number of methoxy groups -OCH3 is 1. The molecule has 0 aliphatic rings. The molecule has 1 heterocycles. The van der Waals surface area contributed by atoms with Gasteiger partial charge in [-0.25, -0.2) is 4.68 Å². The van der Waals surface area contributed by atoms with E-state index in [1.807, 2.05) is 68.6 Å². The summed E-state index contributed by atoms with van der Waals surface area (Å²) in [5.41, 5.74) is 5.38. The number of hydrazone groups is 1. The molecule has 3 rings (SSSR count). The van der Waals surface area contributed by atoms with Crippen molar-refractivity contribution in [3.8, 4) is 11.4 Å². The van der Waals surface area contributed by atoms with E-state index in [2.05, 4.69) is 15.8 Å². The van der Waals surface area contributed by atoms with Crippen molar-refractivity contribution in [3.63, 3.8) is 0 Å². The molecule has 8 heteroatoms. The highest BCUT2D eigenvalue weighted by Crippen LogP contribution is 2.14. The molecule has 3 aromatic rings. The zero-order chi connectivity index (χ0) is 20.1. The van der Waals surface area contributed by atoms with Gasteiger partial charge in [-0.1, -0.05) is 18.2 Å². The van der Waals surface area contributed by atoms with Crippen molar-refractivity contribution in [1.82, 2.24) is 14.8 Å². The van der Waals surface area contributed by atoms with Gasteiger partial charge in [0.1, 0.15) is 11.4 Å². The number of hydrogen-bond acceptors (Lipinski definition) is 4. The van der Waals surface area contributed by atoms with Crippen LogP contribution >= 0.6 is 12.2 Å². The second kappa shape index (κ2) is 8.53. The van der Waals surface area contributed by atoms with Gasteiger partial charge in [0, 0.05) is 7.05 Å². The first kappa shape index (κ1) is 19.4. The Labute approximate surface area is 168 Å². The van der Waals surface area contributed by atoms with Crippen LogP contribution in [0.4, 0.5) is 5.69 Å². The number of benzene rings is 2. The van der Waals surface area contributed by atoms with Gasteiger partial charge in [-0.2, -0.15) is 5.10 Å². The zero-order valence-corrected chi connectivity index (χ0v) is 16.7. The van der Waals surface area contributed by atoms with Gasteiger partial charge >= 0.3 is 0 Å². The van der Waals surface area contributed by atoms with E-state index in [1.165, 1.54) is 0 Å². The summed E-state index contributed by atoms with van der Waals surface area (Å²) in [4.78, 5) is 12.8. The number of rotatable bonds is 5. The fourth-order valence-corrected chi connectivity index (χ4v) is 2.86. The van der Waals surface area contributed by atoms with E-state index in [0.717, 1.165) is 22.7 Å². The minimum absolute atomic E-state index is 0.186. The lowest BCUT2D eigenvalue weighted by Gasteiger charge is -2.07. The van der Waals surface area contributed by atoms with Crippen molar-refractivity contribution in [3.05, 3.63) is 76.2 Å². The molecule has 0 saturated carbocycles.